The number of aryl methyl sites for hydroxylation is 1. The summed E-state index contributed by atoms with van der Waals surface area (Å²) in [7, 11) is 0. The molecule has 0 bridgehead atoms. The highest BCUT2D eigenvalue weighted by atomic mass is 79.9. The normalized spacial score (nSPS) is 11.4. The van der Waals surface area contributed by atoms with Gasteiger partial charge in [-0.3, -0.25) is 4.79 Å². The molecule has 0 amide bonds. The van der Waals surface area contributed by atoms with Gasteiger partial charge in [0.2, 0.25) is 0 Å². The number of phenolic OH excluding ortho intramolecular Hbond substituents is 2. The van der Waals surface area contributed by atoms with E-state index in [9.17, 15) is 15.0 Å². The zero-order valence-electron chi connectivity index (χ0n) is 12.8. The Morgan fingerprint density at radius 3 is 2.75 bits per heavy atom. The maximum absolute atomic E-state index is 12.7. The van der Waals surface area contributed by atoms with Crippen LogP contribution in [0.1, 0.15) is 18.3 Å². The number of hydrogen-bond donors (Lipinski definition) is 2. The molecule has 0 saturated carbocycles. The van der Waals surface area contributed by atoms with Crippen molar-refractivity contribution in [2.24, 2.45) is 5.10 Å². The maximum atomic E-state index is 12.7. The van der Waals surface area contributed by atoms with Crippen LogP contribution in [0.2, 0.25) is 0 Å². The summed E-state index contributed by atoms with van der Waals surface area (Å²) >= 11 is 3.35. The van der Waals surface area contributed by atoms with Crippen LogP contribution in [0.3, 0.4) is 0 Å². The molecule has 0 aliphatic heterocycles. The standard InChI is InChI=1S/C17H14BrN3O3/c1-2-16-20-14-6-4-11(18)7-13(14)17(24)21(16)19-9-10-3-5-12(22)8-15(10)23/h3-9,22-23H,2H2,1H3. The van der Waals surface area contributed by atoms with Crippen LogP contribution in [0.25, 0.3) is 10.9 Å². The molecule has 3 aromatic rings. The molecule has 0 atom stereocenters. The third-order valence-corrected chi connectivity index (χ3v) is 4.01. The molecule has 0 spiro atoms. The van der Waals surface area contributed by atoms with Gasteiger partial charge in [-0.25, -0.2) is 4.98 Å². The minimum Gasteiger partial charge on any atom is -0.508 e. The van der Waals surface area contributed by atoms with Crippen LogP contribution in [-0.4, -0.2) is 26.1 Å². The Morgan fingerprint density at radius 1 is 1.25 bits per heavy atom. The summed E-state index contributed by atoms with van der Waals surface area (Å²) in [6, 6.07) is 9.46. The zero-order valence-corrected chi connectivity index (χ0v) is 14.4. The molecule has 2 aromatic carbocycles. The fourth-order valence-corrected chi connectivity index (χ4v) is 2.66. The topological polar surface area (TPSA) is 87.7 Å². The van der Waals surface area contributed by atoms with E-state index in [4.69, 9.17) is 0 Å². The van der Waals surface area contributed by atoms with Gasteiger partial charge in [0.05, 0.1) is 17.1 Å². The second kappa shape index (κ2) is 6.45. The highest BCUT2D eigenvalue weighted by Gasteiger charge is 2.10. The highest BCUT2D eigenvalue weighted by molar-refractivity contribution is 9.10. The van der Waals surface area contributed by atoms with Crippen molar-refractivity contribution in [3.05, 3.63) is 62.6 Å². The number of phenols is 2. The van der Waals surface area contributed by atoms with Crippen LogP contribution in [0.4, 0.5) is 0 Å². The van der Waals surface area contributed by atoms with Crippen LogP contribution >= 0.6 is 15.9 Å². The summed E-state index contributed by atoms with van der Waals surface area (Å²) in [4.78, 5) is 17.2. The number of halogens is 1. The second-order valence-corrected chi connectivity index (χ2v) is 6.06. The molecule has 3 rings (SSSR count). The fraction of sp³-hybridized carbons (Fsp3) is 0.118. The lowest BCUT2D eigenvalue weighted by molar-refractivity contribution is 0.450. The van der Waals surface area contributed by atoms with Gasteiger partial charge >= 0.3 is 0 Å². The van der Waals surface area contributed by atoms with E-state index in [1.807, 2.05) is 13.0 Å². The number of aromatic nitrogens is 2. The van der Waals surface area contributed by atoms with E-state index >= 15 is 0 Å². The first kappa shape index (κ1) is 16.2. The first-order valence-electron chi connectivity index (χ1n) is 7.27. The Balaban J connectivity index is 2.16. The predicted molar refractivity (Wildman–Crippen MR) is 95.8 cm³/mol. The van der Waals surface area contributed by atoms with E-state index in [-0.39, 0.29) is 17.1 Å². The molecule has 0 aliphatic carbocycles. The van der Waals surface area contributed by atoms with Gasteiger partial charge < -0.3 is 10.2 Å². The Morgan fingerprint density at radius 2 is 2.04 bits per heavy atom. The van der Waals surface area contributed by atoms with Crippen LogP contribution in [0, 0.1) is 0 Å². The van der Waals surface area contributed by atoms with Gasteiger partial charge in [-0.05, 0) is 30.3 Å². The van der Waals surface area contributed by atoms with Gasteiger partial charge in [0.1, 0.15) is 17.3 Å². The quantitative estimate of drug-likeness (QED) is 0.676. The van der Waals surface area contributed by atoms with E-state index in [0.29, 0.717) is 28.7 Å². The van der Waals surface area contributed by atoms with Crippen molar-refractivity contribution in [2.75, 3.05) is 0 Å². The average molecular weight is 388 g/mol. The highest BCUT2D eigenvalue weighted by Crippen LogP contribution is 2.21. The second-order valence-electron chi connectivity index (χ2n) is 5.15. The van der Waals surface area contributed by atoms with E-state index in [2.05, 4.69) is 26.0 Å². The van der Waals surface area contributed by atoms with Gasteiger partial charge in [0, 0.05) is 22.5 Å². The van der Waals surface area contributed by atoms with Crippen LogP contribution in [0.5, 0.6) is 11.5 Å². The van der Waals surface area contributed by atoms with Crippen LogP contribution < -0.4 is 5.56 Å². The number of benzene rings is 2. The summed E-state index contributed by atoms with van der Waals surface area (Å²) in [5, 5.41) is 23.8. The van der Waals surface area contributed by atoms with Crippen molar-refractivity contribution in [1.29, 1.82) is 0 Å². The minimum absolute atomic E-state index is 0.0479. The molecule has 1 heterocycles. The first-order chi connectivity index (χ1) is 11.5. The van der Waals surface area contributed by atoms with Gasteiger partial charge in [0.15, 0.2) is 0 Å². The van der Waals surface area contributed by atoms with E-state index in [1.165, 1.54) is 29.1 Å². The summed E-state index contributed by atoms with van der Waals surface area (Å²) in [6.07, 6.45) is 1.89. The van der Waals surface area contributed by atoms with E-state index in [1.54, 1.807) is 12.1 Å². The smallest absolute Gasteiger partial charge is 0.282 e. The average Bonchev–Trinajstić information content (AvgIpc) is 2.55. The molecule has 2 N–H and O–H groups in total. The Bertz CT molecular complexity index is 1010. The lowest BCUT2D eigenvalue weighted by Crippen LogP contribution is -2.22. The molecule has 24 heavy (non-hydrogen) atoms. The zero-order chi connectivity index (χ0) is 17.3. The summed E-state index contributed by atoms with van der Waals surface area (Å²) < 4.78 is 2.01. The molecule has 122 valence electrons. The monoisotopic (exact) mass is 387 g/mol. The lowest BCUT2D eigenvalue weighted by Gasteiger charge is -2.08. The summed E-state index contributed by atoms with van der Waals surface area (Å²) in [6.45, 7) is 1.89. The maximum Gasteiger partial charge on any atom is 0.282 e. The third kappa shape index (κ3) is 3.03. The molecular formula is C17H14BrN3O3. The number of hydrogen-bond acceptors (Lipinski definition) is 5. The van der Waals surface area contributed by atoms with Gasteiger partial charge in [0.25, 0.3) is 5.56 Å². The Hall–Kier alpha value is -2.67. The molecule has 0 fully saturated rings. The van der Waals surface area contributed by atoms with Gasteiger partial charge in [-0.1, -0.05) is 22.9 Å². The number of aromatic hydroxyl groups is 2. The molecule has 0 saturated heterocycles. The Labute approximate surface area is 145 Å². The van der Waals surface area contributed by atoms with E-state index < -0.39 is 0 Å². The van der Waals surface area contributed by atoms with Gasteiger partial charge in [-0.2, -0.15) is 9.78 Å². The first-order valence-corrected chi connectivity index (χ1v) is 8.06. The molecule has 6 nitrogen and oxygen atoms in total. The van der Waals surface area contributed by atoms with Gasteiger partial charge in [-0.15, -0.1) is 0 Å². The predicted octanol–water partition coefficient (Wildman–Crippen LogP) is 3.01. The van der Waals surface area contributed by atoms with Crippen LogP contribution in [0.15, 0.2) is 50.8 Å². The van der Waals surface area contributed by atoms with Crippen molar-refractivity contribution in [3.63, 3.8) is 0 Å². The molecule has 0 unspecified atom stereocenters. The summed E-state index contributed by atoms with van der Waals surface area (Å²) in [5.74, 6) is 0.346. The minimum atomic E-state index is -0.285. The fourth-order valence-electron chi connectivity index (χ4n) is 2.30. The molecular weight excluding hydrogens is 374 g/mol. The number of rotatable bonds is 3. The van der Waals surface area contributed by atoms with Crippen molar-refractivity contribution >= 4 is 33.0 Å². The Kier molecular flexibility index (Phi) is 4.35. The third-order valence-electron chi connectivity index (χ3n) is 3.52. The molecule has 1 aromatic heterocycles. The SMILES string of the molecule is CCc1nc2ccc(Br)cc2c(=O)n1N=Cc1ccc(O)cc1O. The molecule has 7 heteroatoms. The van der Waals surface area contributed by atoms with E-state index in [0.717, 1.165) is 4.47 Å². The summed E-state index contributed by atoms with van der Waals surface area (Å²) in [5.41, 5.74) is 0.711. The molecule has 0 radical (unpaired) electrons. The van der Waals surface area contributed by atoms with Crippen molar-refractivity contribution in [3.8, 4) is 11.5 Å². The molecule has 0 aliphatic rings. The van der Waals surface area contributed by atoms with Crippen LogP contribution in [-0.2, 0) is 6.42 Å². The van der Waals surface area contributed by atoms with Crippen molar-refractivity contribution in [1.82, 2.24) is 9.66 Å². The largest absolute Gasteiger partial charge is 0.508 e. The number of nitrogens with zero attached hydrogens (tertiary/aromatic N) is 3. The van der Waals surface area contributed by atoms with Crippen molar-refractivity contribution < 1.29 is 10.2 Å². The lowest BCUT2D eigenvalue weighted by atomic mass is 10.2. The number of fused-ring (bicyclic) bond motifs is 1. The van der Waals surface area contributed by atoms with Crippen molar-refractivity contribution in [2.45, 2.75) is 13.3 Å².